The van der Waals surface area contributed by atoms with Crippen LogP contribution in [0.5, 0.6) is 0 Å². The summed E-state index contributed by atoms with van der Waals surface area (Å²) < 4.78 is 0. The summed E-state index contributed by atoms with van der Waals surface area (Å²) >= 11 is 0. The monoisotopic (exact) mass is 728 g/mol. The smallest absolute Gasteiger partial charge is 0.0351 e. The lowest BCUT2D eigenvalue weighted by atomic mass is 9.89. The second-order valence-corrected chi connectivity index (χ2v) is 17.5. The molecule has 0 fully saturated rings. The first-order valence-electron chi connectivity index (χ1n) is 25.3. The van der Waals surface area contributed by atoms with Gasteiger partial charge in [0.2, 0.25) is 0 Å². The Morgan fingerprint density at radius 1 is 0.231 bits per heavy atom. The first-order valence-corrected chi connectivity index (χ1v) is 25.3. The zero-order chi connectivity index (χ0) is 37.5. The van der Waals surface area contributed by atoms with Gasteiger partial charge in [-0.3, -0.25) is 0 Å². The Kier molecular flexibility index (Phi) is 48.5. The highest BCUT2D eigenvalue weighted by Gasteiger charge is 2.09. The second kappa shape index (κ2) is 48.8. The number of hydrogen-bond acceptors (Lipinski definition) is 0. The van der Waals surface area contributed by atoms with Crippen LogP contribution in [0.1, 0.15) is 310 Å². The summed E-state index contributed by atoms with van der Waals surface area (Å²) in [5.41, 5.74) is 0. The third kappa shape index (κ3) is 45.9. The highest BCUT2D eigenvalue weighted by atomic mass is 14.1. The summed E-state index contributed by atoms with van der Waals surface area (Å²) in [5.74, 6) is 0.899. The van der Waals surface area contributed by atoms with Gasteiger partial charge in [0.1, 0.15) is 0 Å². The third-order valence-electron chi connectivity index (χ3n) is 12.1. The van der Waals surface area contributed by atoms with Crippen LogP contribution in [0.2, 0.25) is 0 Å². The fourth-order valence-electron chi connectivity index (χ4n) is 8.33. The van der Waals surface area contributed by atoms with Gasteiger partial charge >= 0.3 is 0 Å². The zero-order valence-electron chi connectivity index (χ0n) is 37.1. The Balaban J connectivity index is 3.97. The van der Waals surface area contributed by atoms with E-state index in [1.165, 1.54) is 289 Å². The molecule has 1 unspecified atom stereocenters. The van der Waals surface area contributed by atoms with Crippen LogP contribution in [0.4, 0.5) is 0 Å². The Labute approximate surface area is 333 Å². The fraction of sp³-hybridized carbons (Fsp3) is 0.942. The molecule has 0 saturated heterocycles. The van der Waals surface area contributed by atoms with Crippen molar-refractivity contribution in [1.29, 1.82) is 0 Å². The summed E-state index contributed by atoms with van der Waals surface area (Å²) in [4.78, 5) is 0. The molecule has 0 aromatic rings. The molecule has 0 aromatic heterocycles. The van der Waals surface area contributed by atoms with Crippen LogP contribution in [0.25, 0.3) is 0 Å². The van der Waals surface area contributed by atoms with Crippen molar-refractivity contribution in [3.63, 3.8) is 0 Å². The summed E-state index contributed by atoms with van der Waals surface area (Å²) in [6.07, 6.45) is 73.0. The van der Waals surface area contributed by atoms with Crippen LogP contribution in [0.3, 0.4) is 0 Å². The van der Waals surface area contributed by atoms with Gasteiger partial charge in [0.15, 0.2) is 0 Å². The van der Waals surface area contributed by atoms with Crippen molar-refractivity contribution in [3.05, 3.63) is 18.6 Å². The topological polar surface area (TPSA) is 0 Å². The van der Waals surface area contributed by atoms with Crippen LogP contribution in [0, 0.1) is 12.3 Å². The van der Waals surface area contributed by atoms with E-state index in [2.05, 4.69) is 39.3 Å². The van der Waals surface area contributed by atoms with E-state index in [0.29, 0.717) is 0 Å². The molecule has 0 nitrogen and oxygen atoms in total. The first kappa shape index (κ1) is 51.7. The van der Waals surface area contributed by atoms with E-state index in [1.807, 2.05) is 0 Å². The molecule has 1 radical (unpaired) electrons. The molecule has 1 atom stereocenters. The Morgan fingerprint density at radius 2 is 0.442 bits per heavy atom. The molecular formula is C52H103. The molecule has 0 bridgehead atoms. The van der Waals surface area contributed by atoms with Gasteiger partial charge in [0.25, 0.3) is 0 Å². The van der Waals surface area contributed by atoms with E-state index in [4.69, 9.17) is 0 Å². The van der Waals surface area contributed by atoms with Crippen molar-refractivity contribution >= 4 is 0 Å². The predicted molar refractivity (Wildman–Crippen MR) is 242 cm³/mol. The summed E-state index contributed by atoms with van der Waals surface area (Å²) in [5, 5.41) is 0. The Morgan fingerprint density at radius 3 is 0.712 bits per heavy atom. The average molecular weight is 728 g/mol. The van der Waals surface area contributed by atoms with Gasteiger partial charge in [0.05, 0.1) is 0 Å². The van der Waals surface area contributed by atoms with Crippen molar-refractivity contribution in [1.82, 2.24) is 0 Å². The summed E-state index contributed by atoms with van der Waals surface area (Å²) in [6.45, 7) is 6.94. The van der Waals surface area contributed by atoms with Crippen LogP contribution < -0.4 is 0 Å². The normalized spacial score (nSPS) is 12.4. The van der Waals surface area contributed by atoms with E-state index in [0.717, 1.165) is 5.92 Å². The number of hydrogen-bond donors (Lipinski definition) is 0. The minimum atomic E-state index is 0.899. The molecule has 0 rings (SSSR count). The molecule has 0 amide bonds. The molecule has 0 saturated carbocycles. The van der Waals surface area contributed by atoms with Crippen LogP contribution in [-0.2, 0) is 0 Å². The van der Waals surface area contributed by atoms with Crippen molar-refractivity contribution in [2.24, 2.45) is 5.92 Å². The number of unbranched alkanes of at least 4 members (excludes halogenated alkanes) is 39. The average Bonchev–Trinajstić information content (AvgIpc) is 3.15. The molecule has 0 spiro atoms. The predicted octanol–water partition coefficient (Wildman–Crippen LogP) is 20.0. The summed E-state index contributed by atoms with van der Waals surface area (Å²) in [6, 6.07) is 0. The van der Waals surface area contributed by atoms with Gasteiger partial charge in [-0.25, -0.2) is 0 Å². The lowest BCUT2D eigenvalue weighted by molar-refractivity contribution is 0.429. The SMILES string of the molecule is CCCCCCCC/C=C\CCCCCCCCC([CH]CCCCCCCCCCCCCCC)CCCCCCCCCCCCCCCCC. The van der Waals surface area contributed by atoms with E-state index >= 15 is 0 Å². The van der Waals surface area contributed by atoms with Gasteiger partial charge in [-0.15, -0.1) is 0 Å². The molecule has 0 aliphatic carbocycles. The van der Waals surface area contributed by atoms with Crippen molar-refractivity contribution in [2.45, 2.75) is 310 Å². The molecule has 0 heterocycles. The van der Waals surface area contributed by atoms with Gasteiger partial charge in [0, 0.05) is 0 Å². The third-order valence-corrected chi connectivity index (χ3v) is 12.1. The van der Waals surface area contributed by atoms with Gasteiger partial charge in [-0.05, 0) is 44.4 Å². The number of allylic oxidation sites excluding steroid dienone is 2. The lowest BCUT2D eigenvalue weighted by Gasteiger charge is -2.17. The van der Waals surface area contributed by atoms with E-state index < -0.39 is 0 Å². The highest BCUT2D eigenvalue weighted by molar-refractivity contribution is 4.81. The highest BCUT2D eigenvalue weighted by Crippen LogP contribution is 2.25. The lowest BCUT2D eigenvalue weighted by Crippen LogP contribution is -2.02. The van der Waals surface area contributed by atoms with E-state index in [-0.39, 0.29) is 0 Å². The molecule has 0 aliphatic rings. The maximum Gasteiger partial charge on any atom is -0.0351 e. The quantitative estimate of drug-likeness (QED) is 0.0432. The van der Waals surface area contributed by atoms with Crippen molar-refractivity contribution < 1.29 is 0 Å². The van der Waals surface area contributed by atoms with Crippen LogP contribution in [-0.4, -0.2) is 0 Å². The first-order chi connectivity index (χ1) is 25.8. The minimum absolute atomic E-state index is 0.899. The maximum atomic E-state index is 2.79. The van der Waals surface area contributed by atoms with E-state index in [9.17, 15) is 0 Å². The Hall–Kier alpha value is -0.260. The molecule has 311 valence electrons. The van der Waals surface area contributed by atoms with Gasteiger partial charge in [-0.2, -0.15) is 0 Å². The largest absolute Gasteiger partial charge is 0.0885 e. The molecule has 0 aliphatic heterocycles. The van der Waals surface area contributed by atoms with Gasteiger partial charge < -0.3 is 0 Å². The number of rotatable bonds is 47. The van der Waals surface area contributed by atoms with Gasteiger partial charge in [-0.1, -0.05) is 290 Å². The molecule has 52 heavy (non-hydrogen) atoms. The van der Waals surface area contributed by atoms with Crippen LogP contribution in [0.15, 0.2) is 12.2 Å². The van der Waals surface area contributed by atoms with E-state index in [1.54, 1.807) is 0 Å². The fourth-order valence-corrected chi connectivity index (χ4v) is 8.33. The summed E-state index contributed by atoms with van der Waals surface area (Å²) in [7, 11) is 0. The molecule has 0 aromatic carbocycles. The van der Waals surface area contributed by atoms with Crippen molar-refractivity contribution in [3.8, 4) is 0 Å². The molecular weight excluding hydrogens is 625 g/mol. The maximum absolute atomic E-state index is 2.79. The van der Waals surface area contributed by atoms with Crippen LogP contribution >= 0.6 is 0 Å². The molecule has 0 heteroatoms. The van der Waals surface area contributed by atoms with Crippen molar-refractivity contribution in [2.75, 3.05) is 0 Å². The second-order valence-electron chi connectivity index (χ2n) is 17.5. The Bertz CT molecular complexity index is 618. The molecule has 0 N–H and O–H groups in total. The standard InChI is InChI=1S/C52H103/c1-4-7-10-13-16-19-22-25-28-30-33-36-39-42-45-48-51-52(49-46-43-40-37-34-31-27-24-21-18-15-12-9-6-3)50-47-44-41-38-35-32-29-26-23-20-17-14-11-8-5-2/h25,28,49,52H,4-24,26-27,29-48,50-51H2,1-3H3/b28-25-. The minimum Gasteiger partial charge on any atom is -0.0885 e. The zero-order valence-corrected chi connectivity index (χ0v) is 37.1.